The molecule has 3 rings (SSSR count). The number of nitrogens with one attached hydrogen (secondary N) is 2. The minimum absolute atomic E-state index is 0.0911. The molecule has 7 heteroatoms. The predicted molar refractivity (Wildman–Crippen MR) is 128 cm³/mol. The highest BCUT2D eigenvalue weighted by atomic mass is 16.2. The van der Waals surface area contributed by atoms with Crippen LogP contribution in [0.25, 0.3) is 0 Å². The molecule has 2 aromatic rings. The van der Waals surface area contributed by atoms with Gasteiger partial charge in [0.05, 0.1) is 6.07 Å². The fraction of sp³-hybridized carbons (Fsp3) is 0.385. The van der Waals surface area contributed by atoms with E-state index < -0.39 is 17.9 Å². The molecule has 174 valence electrons. The summed E-state index contributed by atoms with van der Waals surface area (Å²) in [5, 5.41) is 15.1. The maximum atomic E-state index is 13.0. The van der Waals surface area contributed by atoms with Gasteiger partial charge in [-0.1, -0.05) is 48.5 Å². The van der Waals surface area contributed by atoms with Crippen molar-refractivity contribution in [2.75, 3.05) is 18.9 Å². The molecule has 1 heterocycles. The summed E-state index contributed by atoms with van der Waals surface area (Å²) in [6.07, 6.45) is 1.37. The van der Waals surface area contributed by atoms with Gasteiger partial charge in [-0.2, -0.15) is 5.26 Å². The first-order chi connectivity index (χ1) is 15.9. The zero-order valence-electron chi connectivity index (χ0n) is 19.4. The molecule has 2 amide bonds. The third-order valence-electron chi connectivity index (χ3n) is 5.35. The highest BCUT2D eigenvalue weighted by molar-refractivity contribution is 6.01. The van der Waals surface area contributed by atoms with Crippen LogP contribution < -0.4 is 10.6 Å². The monoisotopic (exact) mass is 448 g/mol. The van der Waals surface area contributed by atoms with Gasteiger partial charge in [0.1, 0.15) is 18.2 Å². The highest BCUT2D eigenvalue weighted by Gasteiger charge is 2.40. The Morgan fingerprint density at radius 3 is 2.21 bits per heavy atom. The first-order valence-electron chi connectivity index (χ1n) is 11.1. The van der Waals surface area contributed by atoms with Crippen LogP contribution in [0.3, 0.4) is 0 Å². The van der Waals surface area contributed by atoms with Crippen LogP contribution in [0.4, 0.5) is 5.69 Å². The lowest BCUT2D eigenvalue weighted by atomic mass is 9.96. The van der Waals surface area contributed by atoms with Gasteiger partial charge < -0.3 is 20.3 Å². The van der Waals surface area contributed by atoms with E-state index in [0.717, 1.165) is 17.5 Å². The minimum Gasteiger partial charge on any atom is -0.388 e. The Kier molecular flexibility index (Phi) is 10.1. The third kappa shape index (κ3) is 7.76. The Bertz CT molecular complexity index is 941. The summed E-state index contributed by atoms with van der Waals surface area (Å²) in [5.41, 5.74) is 2.03. The number of carbonyl (C=O) groups is 3. The summed E-state index contributed by atoms with van der Waals surface area (Å²) in [7, 11) is 1.91. The first kappa shape index (κ1) is 25.6. The lowest BCUT2D eigenvalue weighted by Crippen LogP contribution is -2.47. The number of carbonyl (C=O) groups excluding carboxylic acids is 3. The van der Waals surface area contributed by atoms with E-state index in [-0.39, 0.29) is 30.8 Å². The summed E-state index contributed by atoms with van der Waals surface area (Å²) in [6.45, 7) is 3.86. The molecule has 2 aromatic carbocycles. The molecule has 33 heavy (non-hydrogen) atoms. The van der Waals surface area contributed by atoms with Crippen LogP contribution in [0, 0.1) is 23.2 Å². The Balaban J connectivity index is 0.000000405. The molecular formula is C26H32N4O3. The number of para-hydroxylation sites is 1. The van der Waals surface area contributed by atoms with Gasteiger partial charge in [0.15, 0.2) is 0 Å². The second-order valence-corrected chi connectivity index (χ2v) is 8.29. The maximum Gasteiger partial charge on any atom is 0.236 e. The molecule has 0 radical (unpaired) electrons. The van der Waals surface area contributed by atoms with Gasteiger partial charge in [0.2, 0.25) is 11.8 Å². The van der Waals surface area contributed by atoms with Crippen molar-refractivity contribution < 1.29 is 14.4 Å². The van der Waals surface area contributed by atoms with Gasteiger partial charge in [-0.05, 0) is 44.4 Å². The quantitative estimate of drug-likeness (QED) is 0.501. The molecule has 2 N–H and O–H groups in total. The van der Waals surface area contributed by atoms with Crippen molar-refractivity contribution in [2.24, 2.45) is 11.8 Å². The number of rotatable bonds is 7. The van der Waals surface area contributed by atoms with Crippen LogP contribution in [0.2, 0.25) is 0 Å². The molecule has 7 nitrogen and oxygen atoms in total. The van der Waals surface area contributed by atoms with Gasteiger partial charge in [0.25, 0.3) is 0 Å². The van der Waals surface area contributed by atoms with E-state index in [0.29, 0.717) is 6.42 Å². The first-order valence-corrected chi connectivity index (χ1v) is 11.1. The fourth-order valence-electron chi connectivity index (χ4n) is 3.67. The average Bonchev–Trinajstić information content (AvgIpc) is 3.27. The smallest absolute Gasteiger partial charge is 0.236 e. The highest BCUT2D eigenvalue weighted by Crippen LogP contribution is 2.25. The molecule has 0 bridgehead atoms. The predicted octanol–water partition coefficient (Wildman–Crippen LogP) is 3.04. The molecule has 1 saturated heterocycles. The van der Waals surface area contributed by atoms with Gasteiger partial charge in [-0.15, -0.1) is 0 Å². The van der Waals surface area contributed by atoms with E-state index in [4.69, 9.17) is 0 Å². The van der Waals surface area contributed by atoms with E-state index in [1.54, 1.807) is 0 Å². The summed E-state index contributed by atoms with van der Waals surface area (Å²) in [6, 6.07) is 20.7. The fourth-order valence-corrected chi connectivity index (χ4v) is 3.67. The number of amides is 2. The molecule has 3 unspecified atom stereocenters. The van der Waals surface area contributed by atoms with E-state index in [9.17, 15) is 19.6 Å². The minimum atomic E-state index is -0.911. The zero-order valence-corrected chi connectivity index (χ0v) is 19.4. The van der Waals surface area contributed by atoms with E-state index in [1.807, 2.05) is 81.6 Å². The van der Waals surface area contributed by atoms with Crippen LogP contribution in [0.5, 0.6) is 0 Å². The van der Waals surface area contributed by atoms with Crippen molar-refractivity contribution in [3.63, 3.8) is 0 Å². The summed E-state index contributed by atoms with van der Waals surface area (Å²) < 4.78 is 0. The lowest BCUT2D eigenvalue weighted by molar-refractivity contribution is -0.142. The standard InChI is InChI=1S/C19H23N3O3.C7H9N/c1-13(2)21-18(24)17(9-14-6-4-3-5-7-14)19(25)22-11-15(12-23)8-16(22)10-20;1-8-7-5-3-2-4-6-7/h3-7,12-13,15-17H,8-9,11H2,1-2H3,(H,21,24);2-6,8H,1H3. The number of nitrogens with zero attached hydrogens (tertiary/aromatic N) is 2. The van der Waals surface area contributed by atoms with E-state index in [1.165, 1.54) is 4.90 Å². The Hall–Kier alpha value is -3.66. The third-order valence-corrected chi connectivity index (χ3v) is 5.35. The van der Waals surface area contributed by atoms with Crippen LogP contribution in [-0.2, 0) is 20.8 Å². The van der Waals surface area contributed by atoms with Gasteiger partial charge in [-0.25, -0.2) is 0 Å². The molecule has 1 fully saturated rings. The number of nitriles is 1. The lowest BCUT2D eigenvalue weighted by Gasteiger charge is -2.26. The van der Waals surface area contributed by atoms with Crippen molar-refractivity contribution in [3.8, 4) is 6.07 Å². The summed E-state index contributed by atoms with van der Waals surface area (Å²) in [4.78, 5) is 38.0. The van der Waals surface area contributed by atoms with Crippen molar-refractivity contribution in [3.05, 3.63) is 66.2 Å². The van der Waals surface area contributed by atoms with Crippen LogP contribution in [-0.4, -0.2) is 48.7 Å². The van der Waals surface area contributed by atoms with Gasteiger partial charge in [-0.3, -0.25) is 9.59 Å². The number of hydrogen-bond acceptors (Lipinski definition) is 5. The number of likely N-dealkylation sites (tertiary alicyclic amines) is 1. The number of aldehydes is 1. The number of anilines is 1. The molecular weight excluding hydrogens is 416 g/mol. The van der Waals surface area contributed by atoms with Gasteiger partial charge >= 0.3 is 0 Å². The number of benzene rings is 2. The second-order valence-electron chi connectivity index (χ2n) is 8.29. The second kappa shape index (κ2) is 13.0. The Labute approximate surface area is 195 Å². The van der Waals surface area contributed by atoms with Gasteiger partial charge in [0, 0.05) is 31.2 Å². The molecule has 1 aliphatic heterocycles. The van der Waals surface area contributed by atoms with Crippen molar-refractivity contribution in [1.29, 1.82) is 5.26 Å². The van der Waals surface area contributed by atoms with Crippen molar-refractivity contribution in [1.82, 2.24) is 10.2 Å². The summed E-state index contributed by atoms with van der Waals surface area (Å²) >= 11 is 0. The normalized spacial score (nSPS) is 17.8. The topological polar surface area (TPSA) is 102 Å². The molecule has 1 aliphatic rings. The van der Waals surface area contributed by atoms with Crippen molar-refractivity contribution >= 4 is 23.8 Å². The molecule has 0 aliphatic carbocycles. The van der Waals surface area contributed by atoms with Crippen LogP contribution in [0.15, 0.2) is 60.7 Å². The molecule has 0 aromatic heterocycles. The van der Waals surface area contributed by atoms with Crippen LogP contribution >= 0.6 is 0 Å². The molecule has 0 spiro atoms. The Morgan fingerprint density at radius 1 is 1.12 bits per heavy atom. The van der Waals surface area contributed by atoms with E-state index >= 15 is 0 Å². The molecule has 0 saturated carbocycles. The molecule has 3 atom stereocenters. The maximum absolute atomic E-state index is 13.0. The zero-order chi connectivity index (χ0) is 24.2. The average molecular weight is 449 g/mol. The van der Waals surface area contributed by atoms with E-state index in [2.05, 4.69) is 16.7 Å². The van der Waals surface area contributed by atoms with Crippen molar-refractivity contribution in [2.45, 2.75) is 38.8 Å². The Morgan fingerprint density at radius 2 is 1.73 bits per heavy atom. The summed E-state index contributed by atoms with van der Waals surface area (Å²) in [5.74, 6) is -2.00. The SMILES string of the molecule is CC(C)NC(=O)C(Cc1ccccc1)C(=O)N1CC(C=O)CC1C#N.CNc1ccccc1. The number of hydrogen-bond donors (Lipinski definition) is 2. The largest absolute Gasteiger partial charge is 0.388 e. The van der Waals surface area contributed by atoms with Crippen LogP contribution in [0.1, 0.15) is 25.8 Å².